The van der Waals surface area contributed by atoms with Gasteiger partial charge in [0.15, 0.2) is 5.12 Å². The number of anilines is 1. The van der Waals surface area contributed by atoms with Gasteiger partial charge in [-0.15, -0.1) is 0 Å². The zero-order valence-electron chi connectivity index (χ0n) is 8.51. The summed E-state index contributed by atoms with van der Waals surface area (Å²) in [6.45, 7) is 1.46. The summed E-state index contributed by atoms with van der Waals surface area (Å²) in [4.78, 5) is 10.6. The Morgan fingerprint density at radius 3 is 2.94 bits per heavy atom. The van der Waals surface area contributed by atoms with Crippen molar-refractivity contribution in [3.63, 3.8) is 0 Å². The Morgan fingerprint density at radius 2 is 2.31 bits per heavy atom. The van der Waals surface area contributed by atoms with Crippen molar-refractivity contribution < 1.29 is 9.18 Å². The van der Waals surface area contributed by atoms with E-state index >= 15 is 0 Å². The van der Waals surface area contributed by atoms with Crippen LogP contribution in [0.15, 0.2) is 12.1 Å². The van der Waals surface area contributed by atoms with Crippen LogP contribution in [0.5, 0.6) is 0 Å². The van der Waals surface area contributed by atoms with Crippen molar-refractivity contribution in [3.05, 3.63) is 28.5 Å². The highest BCUT2D eigenvalue weighted by Crippen LogP contribution is 2.21. The van der Waals surface area contributed by atoms with Gasteiger partial charge in [-0.3, -0.25) is 4.79 Å². The molecular formula is C11H9ClFNOS. The first-order valence-electron chi connectivity index (χ1n) is 4.37. The molecule has 0 aliphatic heterocycles. The number of thioether (sulfide) groups is 1. The molecule has 0 bridgehead atoms. The van der Waals surface area contributed by atoms with E-state index in [0.29, 0.717) is 16.3 Å². The molecule has 0 aliphatic rings. The molecule has 1 rings (SSSR count). The highest BCUT2D eigenvalue weighted by molar-refractivity contribution is 8.13. The molecule has 0 spiro atoms. The van der Waals surface area contributed by atoms with Crippen molar-refractivity contribution in [1.82, 2.24) is 0 Å². The standard InChI is InChI=1S/C11H9ClFNOS/c1-7(15)16-4-2-3-8-5-10(13)11(14)6-9(8)12/h5-6H,4,14H2,1H3. The van der Waals surface area contributed by atoms with Crippen molar-refractivity contribution in [2.45, 2.75) is 6.92 Å². The van der Waals surface area contributed by atoms with Crippen LogP contribution in [0.2, 0.25) is 5.02 Å². The zero-order valence-corrected chi connectivity index (χ0v) is 10.1. The average Bonchev–Trinajstić information content (AvgIpc) is 2.19. The number of nitrogen functional groups attached to an aromatic ring is 1. The predicted octanol–water partition coefficient (Wildman–Crippen LogP) is 2.69. The molecule has 2 nitrogen and oxygen atoms in total. The van der Waals surface area contributed by atoms with Crippen LogP contribution in [0.25, 0.3) is 0 Å². The van der Waals surface area contributed by atoms with Gasteiger partial charge < -0.3 is 5.73 Å². The van der Waals surface area contributed by atoms with E-state index in [2.05, 4.69) is 11.8 Å². The van der Waals surface area contributed by atoms with Crippen LogP contribution in [0, 0.1) is 17.7 Å². The van der Waals surface area contributed by atoms with Crippen molar-refractivity contribution >= 4 is 34.2 Å². The maximum atomic E-state index is 13.1. The van der Waals surface area contributed by atoms with Gasteiger partial charge in [-0.25, -0.2) is 4.39 Å². The van der Waals surface area contributed by atoms with Gasteiger partial charge in [0.25, 0.3) is 0 Å². The topological polar surface area (TPSA) is 43.1 Å². The molecule has 84 valence electrons. The molecule has 2 N–H and O–H groups in total. The number of hydrogen-bond acceptors (Lipinski definition) is 3. The molecule has 0 atom stereocenters. The Labute approximate surface area is 102 Å². The van der Waals surface area contributed by atoms with Crippen LogP contribution in [0.3, 0.4) is 0 Å². The van der Waals surface area contributed by atoms with Crippen LogP contribution >= 0.6 is 23.4 Å². The van der Waals surface area contributed by atoms with Crippen LogP contribution in [0.1, 0.15) is 12.5 Å². The average molecular weight is 258 g/mol. The second kappa shape index (κ2) is 5.78. The van der Waals surface area contributed by atoms with Gasteiger partial charge >= 0.3 is 0 Å². The Morgan fingerprint density at radius 1 is 1.62 bits per heavy atom. The smallest absolute Gasteiger partial charge is 0.186 e. The van der Waals surface area contributed by atoms with E-state index in [1.54, 1.807) is 0 Å². The van der Waals surface area contributed by atoms with E-state index in [1.807, 2.05) is 0 Å². The van der Waals surface area contributed by atoms with Crippen LogP contribution < -0.4 is 5.73 Å². The molecule has 0 heterocycles. The second-order valence-corrected chi connectivity index (χ2v) is 4.50. The van der Waals surface area contributed by atoms with Crippen LogP contribution in [-0.4, -0.2) is 10.9 Å². The Kier molecular flexibility index (Phi) is 4.66. The SMILES string of the molecule is CC(=O)SCC#Cc1cc(F)c(N)cc1Cl. The maximum Gasteiger partial charge on any atom is 0.186 e. The van der Waals surface area contributed by atoms with Gasteiger partial charge in [-0.2, -0.15) is 0 Å². The molecule has 0 aromatic heterocycles. The number of carbonyl (C=O) groups excluding carboxylic acids is 1. The third-order valence-corrected chi connectivity index (χ3v) is 2.66. The summed E-state index contributed by atoms with van der Waals surface area (Å²) in [5.74, 6) is 5.22. The highest BCUT2D eigenvalue weighted by Gasteiger charge is 2.03. The number of carbonyl (C=O) groups is 1. The van der Waals surface area contributed by atoms with Gasteiger partial charge in [-0.05, 0) is 12.1 Å². The van der Waals surface area contributed by atoms with E-state index in [4.69, 9.17) is 17.3 Å². The van der Waals surface area contributed by atoms with Crippen molar-refractivity contribution in [2.24, 2.45) is 0 Å². The molecular weight excluding hydrogens is 249 g/mol. The van der Waals surface area contributed by atoms with Crippen LogP contribution in [-0.2, 0) is 4.79 Å². The minimum Gasteiger partial charge on any atom is -0.396 e. The minimum atomic E-state index is -0.548. The van der Waals surface area contributed by atoms with Gasteiger partial charge in [0, 0.05) is 12.5 Å². The number of benzene rings is 1. The molecule has 1 aromatic rings. The summed E-state index contributed by atoms with van der Waals surface area (Å²) in [5, 5.41) is 0.295. The summed E-state index contributed by atoms with van der Waals surface area (Å²) < 4.78 is 13.1. The normalized spacial score (nSPS) is 9.44. The Bertz CT molecular complexity index is 479. The summed E-state index contributed by atoms with van der Waals surface area (Å²) >= 11 is 6.91. The minimum absolute atomic E-state index is 0.00587. The number of halogens is 2. The van der Waals surface area contributed by atoms with Gasteiger partial charge in [0.2, 0.25) is 0 Å². The molecule has 16 heavy (non-hydrogen) atoms. The Balaban J connectivity index is 2.81. The van der Waals surface area contributed by atoms with E-state index in [9.17, 15) is 9.18 Å². The lowest BCUT2D eigenvalue weighted by molar-refractivity contribution is -0.109. The van der Waals surface area contributed by atoms with Crippen molar-refractivity contribution in [3.8, 4) is 11.8 Å². The molecule has 5 heteroatoms. The number of hydrogen-bond donors (Lipinski definition) is 1. The Hall–Kier alpha value is -1.18. The maximum absolute atomic E-state index is 13.1. The summed E-state index contributed by atoms with van der Waals surface area (Å²) in [6, 6.07) is 2.50. The van der Waals surface area contributed by atoms with E-state index in [1.165, 1.54) is 19.1 Å². The zero-order chi connectivity index (χ0) is 12.1. The molecule has 0 radical (unpaired) electrons. The van der Waals surface area contributed by atoms with E-state index in [0.717, 1.165) is 11.8 Å². The molecule has 0 fully saturated rings. The van der Waals surface area contributed by atoms with Gasteiger partial charge in [-0.1, -0.05) is 35.2 Å². The first-order valence-corrected chi connectivity index (χ1v) is 5.74. The monoisotopic (exact) mass is 257 g/mol. The van der Waals surface area contributed by atoms with E-state index in [-0.39, 0.29) is 10.8 Å². The summed E-state index contributed by atoms with van der Waals surface area (Å²) in [7, 11) is 0. The molecule has 1 aromatic carbocycles. The molecule has 0 unspecified atom stereocenters. The molecule has 0 saturated carbocycles. The molecule has 0 aliphatic carbocycles. The largest absolute Gasteiger partial charge is 0.396 e. The van der Waals surface area contributed by atoms with Crippen molar-refractivity contribution in [1.29, 1.82) is 0 Å². The summed E-state index contributed by atoms with van der Waals surface area (Å²) in [6.07, 6.45) is 0. The third kappa shape index (κ3) is 3.76. The molecule has 0 saturated heterocycles. The fourth-order valence-corrected chi connectivity index (χ4v) is 1.49. The van der Waals surface area contributed by atoms with Crippen LogP contribution in [0.4, 0.5) is 10.1 Å². The number of rotatable bonds is 1. The van der Waals surface area contributed by atoms with Crippen molar-refractivity contribution in [2.75, 3.05) is 11.5 Å². The highest BCUT2D eigenvalue weighted by atomic mass is 35.5. The third-order valence-electron chi connectivity index (χ3n) is 1.66. The fraction of sp³-hybridized carbons (Fsp3) is 0.182. The van der Waals surface area contributed by atoms with Gasteiger partial charge in [0.1, 0.15) is 5.82 Å². The predicted molar refractivity (Wildman–Crippen MR) is 65.8 cm³/mol. The lowest BCUT2D eigenvalue weighted by Gasteiger charge is -1.99. The van der Waals surface area contributed by atoms with Gasteiger partial charge in [0.05, 0.1) is 16.5 Å². The number of nitrogens with two attached hydrogens (primary N) is 1. The lowest BCUT2D eigenvalue weighted by atomic mass is 10.2. The van der Waals surface area contributed by atoms with E-state index < -0.39 is 5.82 Å². The quantitative estimate of drug-likeness (QED) is 0.621. The fourth-order valence-electron chi connectivity index (χ4n) is 0.927. The summed E-state index contributed by atoms with van der Waals surface area (Å²) in [5.41, 5.74) is 5.69. The first-order chi connectivity index (χ1) is 7.50. The first kappa shape index (κ1) is 12.9. The second-order valence-electron chi connectivity index (χ2n) is 2.94. The molecule has 0 amide bonds. The lowest BCUT2D eigenvalue weighted by Crippen LogP contribution is -1.92.